The Hall–Kier alpha value is -3.34. The smallest absolute Gasteiger partial charge is 0.336 e. The molecule has 2 heterocycles. The van der Waals surface area contributed by atoms with Gasteiger partial charge in [-0.25, -0.2) is 4.79 Å². The van der Waals surface area contributed by atoms with Gasteiger partial charge in [0.1, 0.15) is 0 Å². The van der Waals surface area contributed by atoms with Crippen LogP contribution in [-0.4, -0.2) is 22.8 Å². The second kappa shape index (κ2) is 9.86. The van der Waals surface area contributed by atoms with Crippen LogP contribution in [0.2, 0.25) is 0 Å². The van der Waals surface area contributed by atoms with Crippen LogP contribution in [0.3, 0.4) is 0 Å². The average molecular weight is 430 g/mol. The Bertz CT molecular complexity index is 1110. The largest absolute Gasteiger partial charge is 0.462 e. The van der Waals surface area contributed by atoms with Crippen molar-refractivity contribution >= 4 is 11.8 Å². The minimum atomic E-state index is -0.257. The van der Waals surface area contributed by atoms with Crippen LogP contribution in [0.4, 0.5) is 5.82 Å². The molecule has 0 amide bonds. The summed E-state index contributed by atoms with van der Waals surface area (Å²) >= 11 is 0. The van der Waals surface area contributed by atoms with Gasteiger partial charge in [-0.05, 0) is 36.5 Å². The molecule has 1 aliphatic heterocycles. The van der Waals surface area contributed by atoms with Gasteiger partial charge in [0.15, 0.2) is 5.82 Å². The molecular weight excluding hydrogens is 398 g/mol. The van der Waals surface area contributed by atoms with Crippen molar-refractivity contribution in [3.8, 4) is 11.3 Å². The Balaban J connectivity index is 1.84. The average Bonchev–Trinajstić information content (AvgIpc) is 3.24. The van der Waals surface area contributed by atoms with Crippen molar-refractivity contribution in [3.63, 3.8) is 0 Å². The maximum absolute atomic E-state index is 13.4. The van der Waals surface area contributed by atoms with Gasteiger partial charge < -0.3 is 10.1 Å². The van der Waals surface area contributed by atoms with E-state index >= 15 is 0 Å². The van der Waals surface area contributed by atoms with Gasteiger partial charge in [0.25, 0.3) is 0 Å². The lowest BCUT2D eigenvalue weighted by atomic mass is 9.78. The van der Waals surface area contributed by atoms with Crippen LogP contribution in [0.15, 0.2) is 65.9 Å². The van der Waals surface area contributed by atoms with Crippen LogP contribution >= 0.6 is 0 Å². The molecule has 166 valence electrons. The number of fused-ring (bicyclic) bond motifs is 1. The highest BCUT2D eigenvalue weighted by molar-refractivity contribution is 5.95. The predicted octanol–water partition coefficient (Wildman–Crippen LogP) is 6.20. The number of allylic oxidation sites excluding steroid dienone is 1. The Labute approximate surface area is 189 Å². The van der Waals surface area contributed by atoms with Crippen molar-refractivity contribution in [2.45, 2.75) is 52.4 Å². The first-order valence-corrected chi connectivity index (χ1v) is 11.5. The topological polar surface area (TPSA) is 67.0 Å². The third-order valence-electron chi connectivity index (χ3n) is 6.10. The van der Waals surface area contributed by atoms with Crippen LogP contribution in [0.25, 0.3) is 11.3 Å². The number of H-pyrrole nitrogens is 1. The molecule has 0 radical (unpaired) electrons. The predicted molar refractivity (Wildman–Crippen MR) is 128 cm³/mol. The number of esters is 1. The van der Waals surface area contributed by atoms with Crippen molar-refractivity contribution in [2.75, 3.05) is 11.9 Å². The highest BCUT2D eigenvalue weighted by atomic mass is 16.5. The first-order chi connectivity index (χ1) is 15.7. The quantitative estimate of drug-likeness (QED) is 0.330. The lowest BCUT2D eigenvalue weighted by molar-refractivity contribution is -0.139. The summed E-state index contributed by atoms with van der Waals surface area (Å²) in [6, 6.07) is 18.5. The van der Waals surface area contributed by atoms with E-state index in [1.165, 1.54) is 5.56 Å². The SMILES string of the molecule is CCCCCOC(=O)C1=C(C)Nc2n[nH]c(-c3ccccc3)c2C1c1ccccc1CC. The third kappa shape index (κ3) is 4.20. The highest BCUT2D eigenvalue weighted by Gasteiger charge is 2.37. The van der Waals surface area contributed by atoms with E-state index in [9.17, 15) is 4.79 Å². The number of aryl methyl sites for hydroxylation is 1. The standard InChI is InChI=1S/C27H31N3O2/c1-4-6-12-17-32-27(31)22-18(3)28-26-24(23(22)21-16-11-10-13-19(21)5-2)25(29-30-26)20-14-8-7-9-15-20/h7-11,13-16,23H,4-6,12,17H2,1-3H3,(H2,28,29,30). The number of aromatic amines is 1. The van der Waals surface area contributed by atoms with E-state index in [1.54, 1.807) is 0 Å². The monoisotopic (exact) mass is 429 g/mol. The first-order valence-electron chi connectivity index (χ1n) is 11.5. The van der Waals surface area contributed by atoms with Crippen molar-refractivity contribution in [3.05, 3.63) is 82.6 Å². The molecule has 2 aromatic carbocycles. The number of ether oxygens (including phenoxy) is 1. The van der Waals surface area contributed by atoms with Gasteiger partial charge in [-0.1, -0.05) is 81.3 Å². The normalized spacial score (nSPS) is 15.3. The van der Waals surface area contributed by atoms with Gasteiger partial charge in [0, 0.05) is 17.2 Å². The molecule has 0 aliphatic carbocycles. The van der Waals surface area contributed by atoms with Crippen molar-refractivity contribution in [2.24, 2.45) is 0 Å². The molecular formula is C27H31N3O2. The van der Waals surface area contributed by atoms with E-state index in [2.05, 4.69) is 59.7 Å². The molecule has 1 unspecified atom stereocenters. The summed E-state index contributed by atoms with van der Waals surface area (Å²) in [5, 5.41) is 11.1. The summed E-state index contributed by atoms with van der Waals surface area (Å²) in [6.07, 6.45) is 3.90. The van der Waals surface area contributed by atoms with E-state index in [0.29, 0.717) is 12.2 Å². The highest BCUT2D eigenvalue weighted by Crippen LogP contribution is 2.46. The molecule has 3 aromatic rings. The van der Waals surface area contributed by atoms with Gasteiger partial charge in [-0.2, -0.15) is 5.10 Å². The number of unbranched alkanes of at least 4 members (excludes halogenated alkanes) is 2. The molecule has 1 aromatic heterocycles. The first kappa shape index (κ1) is 21.9. The summed E-state index contributed by atoms with van der Waals surface area (Å²) in [5.41, 5.74) is 6.74. The van der Waals surface area contributed by atoms with Gasteiger partial charge in [-0.15, -0.1) is 0 Å². The van der Waals surface area contributed by atoms with Crippen molar-refractivity contribution < 1.29 is 9.53 Å². The Morgan fingerprint density at radius 2 is 1.78 bits per heavy atom. The van der Waals surface area contributed by atoms with E-state index in [-0.39, 0.29) is 11.9 Å². The molecule has 0 spiro atoms. The maximum atomic E-state index is 13.4. The molecule has 1 atom stereocenters. The van der Waals surface area contributed by atoms with E-state index in [1.807, 2.05) is 31.2 Å². The summed E-state index contributed by atoms with van der Waals surface area (Å²) in [6.45, 7) is 6.66. The van der Waals surface area contributed by atoms with E-state index in [4.69, 9.17) is 4.74 Å². The fraction of sp³-hybridized carbons (Fsp3) is 0.333. The number of aromatic nitrogens is 2. The van der Waals surface area contributed by atoms with Crippen molar-refractivity contribution in [1.29, 1.82) is 0 Å². The van der Waals surface area contributed by atoms with Gasteiger partial charge in [0.05, 0.1) is 17.9 Å². The molecule has 5 nitrogen and oxygen atoms in total. The van der Waals surface area contributed by atoms with E-state index in [0.717, 1.165) is 59.6 Å². The zero-order valence-corrected chi connectivity index (χ0v) is 19.1. The fourth-order valence-electron chi connectivity index (χ4n) is 4.47. The second-order valence-electron chi connectivity index (χ2n) is 8.22. The number of carbonyl (C=O) groups is 1. The number of rotatable bonds is 8. The van der Waals surface area contributed by atoms with E-state index < -0.39 is 0 Å². The number of anilines is 1. The van der Waals surface area contributed by atoms with Gasteiger partial charge in [0.2, 0.25) is 0 Å². The Kier molecular flexibility index (Phi) is 6.74. The minimum Gasteiger partial charge on any atom is -0.462 e. The zero-order chi connectivity index (χ0) is 22.5. The molecule has 1 aliphatic rings. The molecule has 0 fully saturated rings. The fourth-order valence-corrected chi connectivity index (χ4v) is 4.47. The summed E-state index contributed by atoms with van der Waals surface area (Å²) < 4.78 is 5.75. The molecule has 32 heavy (non-hydrogen) atoms. The number of nitrogens with zero attached hydrogens (tertiary/aromatic N) is 1. The zero-order valence-electron chi connectivity index (χ0n) is 19.1. The van der Waals surface area contributed by atoms with Crippen LogP contribution in [0.5, 0.6) is 0 Å². The summed E-state index contributed by atoms with van der Waals surface area (Å²) in [7, 11) is 0. The maximum Gasteiger partial charge on any atom is 0.336 e. The summed E-state index contributed by atoms with van der Waals surface area (Å²) in [5.74, 6) is 0.252. The molecule has 0 saturated carbocycles. The van der Waals surface area contributed by atoms with Crippen LogP contribution in [0.1, 0.15) is 62.6 Å². The van der Waals surface area contributed by atoms with Gasteiger partial charge in [-0.3, -0.25) is 5.10 Å². The molecule has 0 bridgehead atoms. The number of benzene rings is 2. The van der Waals surface area contributed by atoms with Crippen molar-refractivity contribution in [1.82, 2.24) is 10.2 Å². The van der Waals surface area contributed by atoms with Crippen LogP contribution in [0, 0.1) is 0 Å². The van der Waals surface area contributed by atoms with Crippen LogP contribution < -0.4 is 5.32 Å². The molecule has 4 rings (SSSR count). The minimum absolute atomic E-state index is 0.255. The number of hydrogen-bond acceptors (Lipinski definition) is 4. The number of carbonyl (C=O) groups excluding carboxylic acids is 1. The molecule has 0 saturated heterocycles. The molecule has 2 N–H and O–H groups in total. The van der Waals surface area contributed by atoms with Gasteiger partial charge >= 0.3 is 5.97 Å². The Morgan fingerprint density at radius 1 is 1.03 bits per heavy atom. The molecule has 5 heteroatoms. The summed E-state index contributed by atoms with van der Waals surface area (Å²) in [4.78, 5) is 13.4. The van der Waals surface area contributed by atoms with Crippen LogP contribution in [-0.2, 0) is 16.0 Å². The lowest BCUT2D eigenvalue weighted by Gasteiger charge is -2.29. The Morgan fingerprint density at radius 3 is 2.53 bits per heavy atom. The number of nitrogens with one attached hydrogen (secondary N) is 2. The second-order valence-corrected chi connectivity index (χ2v) is 8.22. The number of hydrogen-bond donors (Lipinski definition) is 2. The lowest BCUT2D eigenvalue weighted by Crippen LogP contribution is -2.25. The third-order valence-corrected chi connectivity index (χ3v) is 6.10.